The number of rotatable bonds is 4. The van der Waals surface area contributed by atoms with Crippen molar-refractivity contribution in [3.63, 3.8) is 0 Å². The lowest BCUT2D eigenvalue weighted by atomic mass is 10.1. The highest BCUT2D eigenvalue weighted by Gasteiger charge is 2.27. The Balaban J connectivity index is 1.65. The van der Waals surface area contributed by atoms with Crippen molar-refractivity contribution in [1.82, 2.24) is 19.9 Å². The molecule has 24 heavy (non-hydrogen) atoms. The zero-order valence-corrected chi connectivity index (χ0v) is 14.4. The Morgan fingerprint density at radius 3 is 3.08 bits per heavy atom. The fourth-order valence-corrected chi connectivity index (χ4v) is 3.99. The summed E-state index contributed by atoms with van der Waals surface area (Å²) in [5.41, 5.74) is 0.450. The van der Waals surface area contributed by atoms with Crippen LogP contribution in [0.25, 0.3) is 0 Å². The topological polar surface area (TPSA) is 106 Å². The number of carbonyl (C=O) groups is 2. The maximum absolute atomic E-state index is 12.4. The molecule has 0 fully saturated rings. The van der Waals surface area contributed by atoms with E-state index in [1.807, 2.05) is 0 Å². The van der Waals surface area contributed by atoms with E-state index in [0.29, 0.717) is 28.3 Å². The van der Waals surface area contributed by atoms with Gasteiger partial charge in [0.25, 0.3) is 5.56 Å². The molecule has 1 atom stereocenters. The number of carbonyl (C=O) groups excluding carboxylic acids is 2. The van der Waals surface area contributed by atoms with Crippen LogP contribution in [0.5, 0.6) is 0 Å². The number of likely N-dealkylation sites (N-methyl/N-ethyl adjacent to an activating group) is 1. The van der Waals surface area contributed by atoms with Gasteiger partial charge in [-0.05, 0) is 0 Å². The van der Waals surface area contributed by atoms with Crippen LogP contribution in [-0.2, 0) is 22.6 Å². The normalized spacial score (nSPS) is 16.3. The van der Waals surface area contributed by atoms with Gasteiger partial charge in [0.05, 0.1) is 18.0 Å². The van der Waals surface area contributed by atoms with E-state index in [1.165, 1.54) is 39.9 Å². The molecule has 10 heteroatoms. The van der Waals surface area contributed by atoms with E-state index in [-0.39, 0.29) is 29.7 Å². The SMILES string of the molecule is CNC(=O)Cc1csc(NC(=O)C2CSc3nccc(=O)n3C2)n1. The summed E-state index contributed by atoms with van der Waals surface area (Å²) in [6.45, 7) is 0.303. The molecule has 0 aromatic carbocycles. The zero-order valence-electron chi connectivity index (χ0n) is 12.8. The van der Waals surface area contributed by atoms with Crippen LogP contribution in [0, 0.1) is 5.92 Å². The van der Waals surface area contributed by atoms with Crippen LogP contribution in [0.3, 0.4) is 0 Å². The van der Waals surface area contributed by atoms with Gasteiger partial charge in [-0.25, -0.2) is 9.97 Å². The molecule has 1 aliphatic rings. The summed E-state index contributed by atoms with van der Waals surface area (Å²) in [7, 11) is 1.56. The molecule has 0 saturated heterocycles. The standard InChI is InChI=1S/C14H15N5O3S2/c1-15-10(20)4-9-7-23-13(17-9)18-12(22)8-5-19-11(21)2-3-16-14(19)24-6-8/h2-3,7-8H,4-6H2,1H3,(H,15,20)(H,17,18,22). The predicted molar refractivity (Wildman–Crippen MR) is 91.2 cm³/mol. The molecule has 0 spiro atoms. The van der Waals surface area contributed by atoms with Gasteiger partial charge in [-0.15, -0.1) is 11.3 Å². The second-order valence-corrected chi connectivity index (χ2v) is 7.01. The minimum absolute atomic E-state index is 0.134. The molecule has 0 bridgehead atoms. The lowest BCUT2D eigenvalue weighted by Crippen LogP contribution is -2.36. The van der Waals surface area contributed by atoms with E-state index in [1.54, 1.807) is 12.4 Å². The van der Waals surface area contributed by atoms with Gasteiger partial charge in [-0.2, -0.15) is 0 Å². The van der Waals surface area contributed by atoms with E-state index in [0.717, 1.165) is 0 Å². The Morgan fingerprint density at radius 2 is 2.29 bits per heavy atom. The van der Waals surface area contributed by atoms with Crippen molar-refractivity contribution in [2.45, 2.75) is 18.1 Å². The van der Waals surface area contributed by atoms with Gasteiger partial charge in [0.1, 0.15) is 0 Å². The van der Waals surface area contributed by atoms with Gasteiger partial charge in [0, 0.05) is 37.0 Å². The van der Waals surface area contributed by atoms with Gasteiger partial charge in [0.2, 0.25) is 11.8 Å². The number of anilines is 1. The summed E-state index contributed by atoms with van der Waals surface area (Å²) in [5, 5.41) is 8.11. The number of hydrogen-bond acceptors (Lipinski definition) is 7. The summed E-state index contributed by atoms with van der Waals surface area (Å²) in [6, 6.07) is 1.39. The van der Waals surface area contributed by atoms with Crippen molar-refractivity contribution in [3.8, 4) is 0 Å². The lowest BCUT2D eigenvalue weighted by molar-refractivity contribution is -0.120. The fraction of sp³-hybridized carbons (Fsp3) is 0.357. The van der Waals surface area contributed by atoms with Crippen molar-refractivity contribution >= 4 is 40.0 Å². The number of fused-ring (bicyclic) bond motifs is 1. The Hall–Kier alpha value is -2.20. The van der Waals surface area contributed by atoms with Crippen LogP contribution < -0.4 is 16.2 Å². The Labute approximate surface area is 145 Å². The second-order valence-electron chi connectivity index (χ2n) is 5.17. The van der Waals surface area contributed by atoms with E-state index < -0.39 is 0 Å². The number of thioether (sulfide) groups is 1. The molecule has 2 aromatic heterocycles. The van der Waals surface area contributed by atoms with Crippen molar-refractivity contribution in [3.05, 3.63) is 33.7 Å². The van der Waals surface area contributed by atoms with E-state index in [4.69, 9.17) is 0 Å². The first-order valence-electron chi connectivity index (χ1n) is 7.21. The molecule has 1 aliphatic heterocycles. The van der Waals surface area contributed by atoms with Gasteiger partial charge in [-0.1, -0.05) is 11.8 Å². The minimum Gasteiger partial charge on any atom is -0.359 e. The summed E-state index contributed by atoms with van der Waals surface area (Å²) in [5.74, 6) is -0.107. The number of nitrogens with one attached hydrogen (secondary N) is 2. The third kappa shape index (κ3) is 3.65. The minimum atomic E-state index is -0.337. The first-order chi connectivity index (χ1) is 11.6. The third-order valence-electron chi connectivity index (χ3n) is 3.49. The molecule has 1 unspecified atom stereocenters. The maximum atomic E-state index is 12.4. The zero-order chi connectivity index (χ0) is 17.1. The molecule has 126 valence electrons. The molecule has 0 saturated carbocycles. The molecule has 3 rings (SSSR count). The Kier molecular flexibility index (Phi) is 4.95. The molecule has 2 aromatic rings. The number of thiazole rings is 1. The first kappa shape index (κ1) is 16.7. The molecular formula is C14H15N5O3S2. The van der Waals surface area contributed by atoms with Crippen LogP contribution in [0.1, 0.15) is 5.69 Å². The molecule has 8 nitrogen and oxygen atoms in total. The third-order valence-corrected chi connectivity index (χ3v) is 5.45. The maximum Gasteiger partial charge on any atom is 0.254 e. The molecule has 0 aliphatic carbocycles. The van der Waals surface area contributed by atoms with Crippen molar-refractivity contribution in [2.24, 2.45) is 5.92 Å². The lowest BCUT2D eigenvalue weighted by Gasteiger charge is -2.23. The molecule has 2 amide bonds. The van der Waals surface area contributed by atoms with Crippen molar-refractivity contribution in [2.75, 3.05) is 18.1 Å². The predicted octanol–water partition coefficient (Wildman–Crippen LogP) is 0.349. The highest BCUT2D eigenvalue weighted by Crippen LogP contribution is 2.26. The van der Waals surface area contributed by atoms with Gasteiger partial charge >= 0.3 is 0 Å². The average Bonchev–Trinajstić information content (AvgIpc) is 3.01. The Bertz CT molecular complexity index is 832. The van der Waals surface area contributed by atoms with Gasteiger partial charge in [0.15, 0.2) is 10.3 Å². The van der Waals surface area contributed by atoms with Crippen molar-refractivity contribution < 1.29 is 9.59 Å². The van der Waals surface area contributed by atoms with Gasteiger partial charge < -0.3 is 10.6 Å². The van der Waals surface area contributed by atoms with E-state index >= 15 is 0 Å². The number of aromatic nitrogens is 3. The smallest absolute Gasteiger partial charge is 0.254 e. The highest BCUT2D eigenvalue weighted by molar-refractivity contribution is 7.99. The molecular weight excluding hydrogens is 350 g/mol. The van der Waals surface area contributed by atoms with E-state index in [9.17, 15) is 14.4 Å². The number of nitrogens with zero attached hydrogens (tertiary/aromatic N) is 3. The molecule has 3 heterocycles. The number of amides is 2. The van der Waals surface area contributed by atoms with Gasteiger partial charge in [-0.3, -0.25) is 19.0 Å². The fourth-order valence-electron chi connectivity index (χ4n) is 2.21. The van der Waals surface area contributed by atoms with Crippen LogP contribution in [0.2, 0.25) is 0 Å². The molecule has 0 radical (unpaired) electrons. The monoisotopic (exact) mass is 365 g/mol. The molecule has 2 N–H and O–H groups in total. The summed E-state index contributed by atoms with van der Waals surface area (Å²) in [4.78, 5) is 44.0. The quantitative estimate of drug-likeness (QED) is 0.758. The summed E-state index contributed by atoms with van der Waals surface area (Å²) >= 11 is 2.66. The largest absolute Gasteiger partial charge is 0.359 e. The van der Waals surface area contributed by atoms with Crippen molar-refractivity contribution in [1.29, 1.82) is 0 Å². The van der Waals surface area contributed by atoms with Crippen LogP contribution >= 0.6 is 23.1 Å². The van der Waals surface area contributed by atoms with E-state index in [2.05, 4.69) is 20.6 Å². The number of hydrogen-bond donors (Lipinski definition) is 2. The first-order valence-corrected chi connectivity index (χ1v) is 9.08. The second kappa shape index (κ2) is 7.14. The summed E-state index contributed by atoms with van der Waals surface area (Å²) < 4.78 is 1.51. The highest BCUT2D eigenvalue weighted by atomic mass is 32.2. The summed E-state index contributed by atoms with van der Waals surface area (Å²) in [6.07, 6.45) is 1.65. The van der Waals surface area contributed by atoms with Crippen LogP contribution in [0.15, 0.2) is 27.6 Å². The van der Waals surface area contributed by atoms with Crippen LogP contribution in [-0.4, -0.2) is 39.1 Å². The van der Waals surface area contributed by atoms with Crippen LogP contribution in [0.4, 0.5) is 5.13 Å². The average molecular weight is 365 g/mol. The Morgan fingerprint density at radius 1 is 1.46 bits per heavy atom.